The first-order valence-electron chi connectivity index (χ1n) is 3.90. The largest absolute Gasteiger partial charge is 0.368 e. The van der Waals surface area contributed by atoms with Gasteiger partial charge in [-0.1, -0.05) is 12.1 Å². The third-order valence-corrected chi connectivity index (χ3v) is 1.77. The second kappa shape index (κ2) is 2.93. The Bertz CT molecular complexity index is 320. The van der Waals surface area contributed by atoms with Crippen LogP contribution >= 0.6 is 0 Å². The maximum absolute atomic E-state index is 12.7. The molecular weight excluding hydrogens is 155 g/mol. The molecular formula is C9H9FN2. The van der Waals surface area contributed by atoms with E-state index in [0.717, 1.165) is 24.5 Å². The molecule has 1 aromatic carbocycles. The molecule has 1 aromatic rings. The van der Waals surface area contributed by atoms with Crippen molar-refractivity contribution in [2.24, 2.45) is 4.99 Å². The molecule has 0 radical (unpaired) electrons. The van der Waals surface area contributed by atoms with E-state index >= 15 is 0 Å². The van der Waals surface area contributed by atoms with Gasteiger partial charge >= 0.3 is 0 Å². The highest BCUT2D eigenvalue weighted by atomic mass is 19.1. The maximum atomic E-state index is 12.7. The zero-order chi connectivity index (χ0) is 8.39. The van der Waals surface area contributed by atoms with Crippen molar-refractivity contribution in [3.8, 4) is 0 Å². The summed E-state index contributed by atoms with van der Waals surface area (Å²) < 4.78 is 12.7. The Labute approximate surface area is 70.1 Å². The molecule has 1 aliphatic rings. The fourth-order valence-electron chi connectivity index (χ4n) is 1.23. The molecule has 0 spiro atoms. The first-order valence-corrected chi connectivity index (χ1v) is 3.90. The van der Waals surface area contributed by atoms with Crippen molar-refractivity contribution >= 4 is 5.84 Å². The molecule has 0 aromatic heterocycles. The van der Waals surface area contributed by atoms with E-state index in [4.69, 9.17) is 0 Å². The minimum Gasteiger partial charge on any atom is -0.368 e. The lowest BCUT2D eigenvalue weighted by atomic mass is 10.2. The fraction of sp³-hybridized carbons (Fsp3) is 0.222. The molecule has 1 aliphatic heterocycles. The predicted octanol–water partition coefficient (Wildman–Crippen LogP) is 1.18. The summed E-state index contributed by atoms with van der Waals surface area (Å²) in [7, 11) is 0. The zero-order valence-corrected chi connectivity index (χ0v) is 6.55. The molecule has 62 valence electrons. The van der Waals surface area contributed by atoms with Crippen molar-refractivity contribution in [2.75, 3.05) is 13.1 Å². The Morgan fingerprint density at radius 3 is 3.00 bits per heavy atom. The minimum atomic E-state index is -0.219. The van der Waals surface area contributed by atoms with E-state index in [2.05, 4.69) is 10.3 Å². The molecule has 0 fully saturated rings. The number of halogens is 1. The average molecular weight is 164 g/mol. The van der Waals surface area contributed by atoms with Crippen LogP contribution in [-0.2, 0) is 0 Å². The summed E-state index contributed by atoms with van der Waals surface area (Å²) in [6.07, 6.45) is 0. The standard InChI is InChI=1S/C9H9FN2/c10-8-3-1-2-7(6-8)9-11-4-5-12-9/h1-3,6H,4-5H2,(H,11,12). The number of amidine groups is 1. The highest BCUT2D eigenvalue weighted by Gasteiger charge is 2.07. The normalized spacial score (nSPS) is 15.6. The van der Waals surface area contributed by atoms with Gasteiger partial charge in [0.25, 0.3) is 0 Å². The van der Waals surface area contributed by atoms with Gasteiger partial charge in [0.1, 0.15) is 11.7 Å². The molecule has 1 N–H and O–H groups in total. The second-order valence-electron chi connectivity index (χ2n) is 2.67. The van der Waals surface area contributed by atoms with Gasteiger partial charge in [0.15, 0.2) is 0 Å². The van der Waals surface area contributed by atoms with E-state index in [9.17, 15) is 4.39 Å². The molecule has 0 bridgehead atoms. The topological polar surface area (TPSA) is 24.4 Å². The molecule has 0 aliphatic carbocycles. The van der Waals surface area contributed by atoms with Gasteiger partial charge in [-0.3, -0.25) is 4.99 Å². The molecule has 0 atom stereocenters. The molecule has 0 saturated heterocycles. The highest BCUT2D eigenvalue weighted by Crippen LogP contribution is 2.05. The fourth-order valence-corrected chi connectivity index (χ4v) is 1.23. The van der Waals surface area contributed by atoms with E-state index in [1.165, 1.54) is 12.1 Å². The van der Waals surface area contributed by atoms with Crippen LogP contribution in [0.1, 0.15) is 5.56 Å². The number of rotatable bonds is 1. The minimum absolute atomic E-state index is 0.219. The summed E-state index contributed by atoms with van der Waals surface area (Å²) in [5.74, 6) is 0.582. The molecule has 2 nitrogen and oxygen atoms in total. The van der Waals surface area contributed by atoms with Crippen LogP contribution in [0.2, 0.25) is 0 Å². The Morgan fingerprint density at radius 1 is 1.42 bits per heavy atom. The van der Waals surface area contributed by atoms with Crippen molar-refractivity contribution in [1.29, 1.82) is 0 Å². The summed E-state index contributed by atoms with van der Waals surface area (Å²) in [5, 5.41) is 3.08. The summed E-state index contributed by atoms with van der Waals surface area (Å²) in [6.45, 7) is 1.64. The van der Waals surface area contributed by atoms with Crippen molar-refractivity contribution in [2.45, 2.75) is 0 Å². The van der Waals surface area contributed by atoms with Crippen LogP contribution in [0.4, 0.5) is 4.39 Å². The van der Waals surface area contributed by atoms with E-state index < -0.39 is 0 Å². The number of hydrogen-bond donors (Lipinski definition) is 1. The van der Waals surface area contributed by atoms with Gasteiger partial charge in [0.05, 0.1) is 6.54 Å². The van der Waals surface area contributed by atoms with Crippen LogP contribution in [0.15, 0.2) is 29.3 Å². The van der Waals surface area contributed by atoms with Gasteiger partial charge in [-0.15, -0.1) is 0 Å². The predicted molar refractivity (Wildman–Crippen MR) is 45.8 cm³/mol. The quantitative estimate of drug-likeness (QED) is 0.662. The highest BCUT2D eigenvalue weighted by molar-refractivity contribution is 5.99. The van der Waals surface area contributed by atoms with Crippen LogP contribution in [0.5, 0.6) is 0 Å². The van der Waals surface area contributed by atoms with Gasteiger partial charge in [0, 0.05) is 12.1 Å². The van der Waals surface area contributed by atoms with Gasteiger partial charge in [0.2, 0.25) is 0 Å². The van der Waals surface area contributed by atoms with E-state index in [1.54, 1.807) is 6.07 Å². The van der Waals surface area contributed by atoms with Crippen molar-refractivity contribution in [3.63, 3.8) is 0 Å². The summed E-state index contributed by atoms with van der Waals surface area (Å²) in [6, 6.07) is 6.45. The number of aliphatic imine (C=N–C) groups is 1. The van der Waals surface area contributed by atoms with Gasteiger partial charge in [-0.2, -0.15) is 0 Å². The summed E-state index contributed by atoms with van der Waals surface area (Å²) in [4.78, 5) is 4.19. The third kappa shape index (κ3) is 1.30. The van der Waals surface area contributed by atoms with Crippen LogP contribution < -0.4 is 5.32 Å². The molecule has 1 heterocycles. The smallest absolute Gasteiger partial charge is 0.128 e. The Balaban J connectivity index is 2.33. The Morgan fingerprint density at radius 2 is 2.33 bits per heavy atom. The average Bonchev–Trinajstić information content (AvgIpc) is 2.56. The van der Waals surface area contributed by atoms with Gasteiger partial charge in [-0.05, 0) is 12.1 Å². The lowest BCUT2D eigenvalue weighted by Crippen LogP contribution is -2.19. The molecule has 0 saturated carbocycles. The summed E-state index contributed by atoms with van der Waals surface area (Å²) >= 11 is 0. The molecule has 2 rings (SSSR count). The molecule has 3 heteroatoms. The molecule has 0 amide bonds. The zero-order valence-electron chi connectivity index (χ0n) is 6.55. The molecule has 0 unspecified atom stereocenters. The van der Waals surface area contributed by atoms with Crippen molar-refractivity contribution in [3.05, 3.63) is 35.6 Å². The lowest BCUT2D eigenvalue weighted by molar-refractivity contribution is 0.627. The number of benzene rings is 1. The Kier molecular flexibility index (Phi) is 1.78. The summed E-state index contributed by atoms with van der Waals surface area (Å²) in [5.41, 5.74) is 0.826. The maximum Gasteiger partial charge on any atom is 0.128 e. The first-order chi connectivity index (χ1) is 5.86. The van der Waals surface area contributed by atoms with E-state index in [-0.39, 0.29) is 5.82 Å². The van der Waals surface area contributed by atoms with E-state index in [1.807, 2.05) is 6.07 Å². The first kappa shape index (κ1) is 7.28. The van der Waals surface area contributed by atoms with Gasteiger partial charge in [-0.25, -0.2) is 4.39 Å². The van der Waals surface area contributed by atoms with Gasteiger partial charge < -0.3 is 5.32 Å². The lowest BCUT2D eigenvalue weighted by Gasteiger charge is -2.00. The van der Waals surface area contributed by atoms with E-state index in [0.29, 0.717) is 0 Å². The van der Waals surface area contributed by atoms with Crippen LogP contribution in [-0.4, -0.2) is 18.9 Å². The number of nitrogens with zero attached hydrogens (tertiary/aromatic N) is 1. The third-order valence-electron chi connectivity index (χ3n) is 1.77. The molecule has 12 heavy (non-hydrogen) atoms. The SMILES string of the molecule is Fc1cccc(C2=NCCN2)c1. The monoisotopic (exact) mass is 164 g/mol. The van der Waals surface area contributed by atoms with Crippen molar-refractivity contribution in [1.82, 2.24) is 5.32 Å². The Hall–Kier alpha value is -1.38. The van der Waals surface area contributed by atoms with Crippen LogP contribution in [0, 0.1) is 5.82 Å². The number of hydrogen-bond acceptors (Lipinski definition) is 2. The van der Waals surface area contributed by atoms with Crippen LogP contribution in [0.3, 0.4) is 0 Å². The number of nitrogens with one attached hydrogen (secondary N) is 1. The van der Waals surface area contributed by atoms with Crippen LogP contribution in [0.25, 0.3) is 0 Å². The van der Waals surface area contributed by atoms with Crippen molar-refractivity contribution < 1.29 is 4.39 Å². The second-order valence-corrected chi connectivity index (χ2v) is 2.67.